The summed E-state index contributed by atoms with van der Waals surface area (Å²) in [5.74, 6) is 1.53. The van der Waals surface area contributed by atoms with Gasteiger partial charge in [-0.1, -0.05) is 24.4 Å². The molecule has 2 rings (SSSR count). The Morgan fingerprint density at radius 1 is 1.00 bits per heavy atom. The van der Waals surface area contributed by atoms with Crippen molar-refractivity contribution in [3.8, 4) is 11.5 Å². The topological polar surface area (TPSA) is 44.5 Å². The fourth-order valence-corrected chi connectivity index (χ4v) is 3.56. The average molecular weight is 284 g/mol. The fourth-order valence-electron chi connectivity index (χ4n) is 3.26. The first-order chi connectivity index (χ1) is 8.96. The predicted octanol–water partition coefficient (Wildman–Crippen LogP) is 3.70. The van der Waals surface area contributed by atoms with Gasteiger partial charge in [-0.2, -0.15) is 0 Å². The maximum Gasteiger partial charge on any atom is 0.141 e. The zero-order valence-electron chi connectivity index (χ0n) is 12.1. The lowest BCUT2D eigenvalue weighted by molar-refractivity contribution is 0.366. The highest BCUT2D eigenvalue weighted by molar-refractivity contribution is 6.33. The predicted molar refractivity (Wildman–Crippen MR) is 78.4 cm³/mol. The highest BCUT2D eigenvalue weighted by atomic mass is 35.5. The molecule has 0 saturated heterocycles. The number of benzene rings is 1. The van der Waals surface area contributed by atoms with Gasteiger partial charge in [0, 0.05) is 22.2 Å². The second kappa shape index (κ2) is 5.22. The molecule has 1 fully saturated rings. The van der Waals surface area contributed by atoms with Gasteiger partial charge in [0.05, 0.1) is 19.2 Å². The minimum Gasteiger partial charge on any atom is -0.496 e. The van der Waals surface area contributed by atoms with Gasteiger partial charge >= 0.3 is 0 Å². The van der Waals surface area contributed by atoms with Crippen LogP contribution in [0, 0.1) is 13.8 Å². The van der Waals surface area contributed by atoms with Crippen LogP contribution in [0.2, 0.25) is 5.02 Å². The molecule has 0 bridgehead atoms. The number of halogens is 1. The second-order valence-corrected chi connectivity index (χ2v) is 5.75. The van der Waals surface area contributed by atoms with Crippen molar-refractivity contribution >= 4 is 11.6 Å². The van der Waals surface area contributed by atoms with Crippen LogP contribution in [0.5, 0.6) is 11.5 Å². The van der Waals surface area contributed by atoms with E-state index in [2.05, 4.69) is 0 Å². The van der Waals surface area contributed by atoms with Crippen LogP contribution < -0.4 is 15.2 Å². The third-order valence-corrected chi connectivity index (χ3v) is 4.67. The summed E-state index contributed by atoms with van der Waals surface area (Å²) in [6.45, 7) is 3.96. The van der Waals surface area contributed by atoms with Crippen molar-refractivity contribution in [3.05, 3.63) is 21.7 Å². The molecule has 3 nitrogen and oxygen atoms in total. The van der Waals surface area contributed by atoms with E-state index < -0.39 is 0 Å². The van der Waals surface area contributed by atoms with Gasteiger partial charge in [0.25, 0.3) is 0 Å². The molecule has 2 N–H and O–H groups in total. The van der Waals surface area contributed by atoms with Crippen molar-refractivity contribution < 1.29 is 9.47 Å². The molecule has 106 valence electrons. The van der Waals surface area contributed by atoms with Crippen molar-refractivity contribution in [3.63, 3.8) is 0 Å². The van der Waals surface area contributed by atoms with Gasteiger partial charge < -0.3 is 15.2 Å². The third-order valence-electron chi connectivity index (χ3n) is 4.21. The molecular weight excluding hydrogens is 262 g/mol. The molecular formula is C15H22ClNO2. The van der Waals surface area contributed by atoms with Crippen LogP contribution in [0.4, 0.5) is 0 Å². The van der Waals surface area contributed by atoms with E-state index in [4.69, 9.17) is 26.8 Å². The first kappa shape index (κ1) is 14.5. The Kier molecular flexibility index (Phi) is 3.98. The lowest BCUT2D eigenvalue weighted by Crippen LogP contribution is -2.34. The second-order valence-electron chi connectivity index (χ2n) is 5.37. The van der Waals surface area contributed by atoms with E-state index in [9.17, 15) is 0 Å². The van der Waals surface area contributed by atoms with E-state index in [0.717, 1.165) is 48.1 Å². The van der Waals surface area contributed by atoms with Crippen LogP contribution in [0.25, 0.3) is 0 Å². The summed E-state index contributed by atoms with van der Waals surface area (Å²) in [5, 5.41) is 0.613. The molecule has 1 aliphatic rings. The van der Waals surface area contributed by atoms with E-state index in [1.54, 1.807) is 14.2 Å². The van der Waals surface area contributed by atoms with Crippen LogP contribution >= 0.6 is 11.6 Å². The fraction of sp³-hybridized carbons (Fsp3) is 0.600. The van der Waals surface area contributed by atoms with Crippen molar-refractivity contribution in [2.45, 2.75) is 45.1 Å². The molecule has 0 atom stereocenters. The number of hydrogen-bond donors (Lipinski definition) is 1. The molecule has 4 heteroatoms. The number of hydrogen-bond acceptors (Lipinski definition) is 3. The smallest absolute Gasteiger partial charge is 0.141 e. The number of methoxy groups -OCH3 is 2. The lowest BCUT2D eigenvalue weighted by atomic mass is 9.84. The van der Waals surface area contributed by atoms with Gasteiger partial charge in [0.2, 0.25) is 0 Å². The molecule has 1 saturated carbocycles. The summed E-state index contributed by atoms with van der Waals surface area (Å²) in [6, 6.07) is 0. The standard InChI is InChI=1S/C15H22ClNO2/c1-9-11(15(17)7-5-6-8-15)13(18-3)10(2)12(16)14(9)19-4/h5-8,17H2,1-4H3. The van der Waals surface area contributed by atoms with E-state index in [1.165, 1.54) is 0 Å². The summed E-state index contributed by atoms with van der Waals surface area (Å²) in [6.07, 6.45) is 4.27. The summed E-state index contributed by atoms with van der Waals surface area (Å²) in [5.41, 5.74) is 9.26. The Hall–Kier alpha value is -0.930. The summed E-state index contributed by atoms with van der Waals surface area (Å²) < 4.78 is 11.1. The van der Waals surface area contributed by atoms with Crippen LogP contribution in [-0.4, -0.2) is 14.2 Å². The van der Waals surface area contributed by atoms with Crippen molar-refractivity contribution in [2.75, 3.05) is 14.2 Å². The summed E-state index contributed by atoms with van der Waals surface area (Å²) >= 11 is 6.36. The van der Waals surface area contributed by atoms with Crippen molar-refractivity contribution in [1.29, 1.82) is 0 Å². The Balaban J connectivity index is 2.74. The van der Waals surface area contributed by atoms with Crippen LogP contribution in [0.3, 0.4) is 0 Å². The Labute approximate surface area is 120 Å². The van der Waals surface area contributed by atoms with Crippen LogP contribution in [-0.2, 0) is 5.54 Å². The molecule has 0 aromatic heterocycles. The van der Waals surface area contributed by atoms with Crippen molar-refractivity contribution in [1.82, 2.24) is 0 Å². The Morgan fingerprint density at radius 2 is 1.53 bits per heavy atom. The van der Waals surface area contributed by atoms with Gasteiger partial charge in [0.1, 0.15) is 11.5 Å². The number of rotatable bonds is 3. The van der Waals surface area contributed by atoms with Gasteiger partial charge in [-0.3, -0.25) is 0 Å². The number of ether oxygens (including phenoxy) is 2. The largest absolute Gasteiger partial charge is 0.496 e. The highest BCUT2D eigenvalue weighted by Gasteiger charge is 2.37. The highest BCUT2D eigenvalue weighted by Crippen LogP contribution is 2.49. The summed E-state index contributed by atoms with van der Waals surface area (Å²) in [7, 11) is 3.31. The molecule has 0 heterocycles. The normalized spacial score (nSPS) is 17.6. The molecule has 0 unspecified atom stereocenters. The first-order valence-corrected chi connectivity index (χ1v) is 7.04. The lowest BCUT2D eigenvalue weighted by Gasteiger charge is -2.30. The van der Waals surface area contributed by atoms with Crippen LogP contribution in [0.15, 0.2) is 0 Å². The first-order valence-electron chi connectivity index (χ1n) is 6.66. The van der Waals surface area contributed by atoms with Crippen LogP contribution in [0.1, 0.15) is 42.4 Å². The van der Waals surface area contributed by atoms with Gasteiger partial charge in [-0.25, -0.2) is 0 Å². The molecule has 0 spiro atoms. The quantitative estimate of drug-likeness (QED) is 0.920. The average Bonchev–Trinajstić information content (AvgIpc) is 2.81. The molecule has 0 radical (unpaired) electrons. The van der Waals surface area contributed by atoms with E-state index >= 15 is 0 Å². The minimum absolute atomic E-state index is 0.321. The van der Waals surface area contributed by atoms with Gasteiger partial charge in [-0.15, -0.1) is 0 Å². The zero-order valence-corrected chi connectivity index (χ0v) is 12.9. The van der Waals surface area contributed by atoms with E-state index in [1.807, 2.05) is 13.8 Å². The van der Waals surface area contributed by atoms with E-state index in [0.29, 0.717) is 10.8 Å². The molecule has 1 aromatic carbocycles. The minimum atomic E-state index is -0.321. The Morgan fingerprint density at radius 3 is 2.00 bits per heavy atom. The Bertz CT molecular complexity index is 494. The maximum atomic E-state index is 6.62. The molecule has 19 heavy (non-hydrogen) atoms. The third kappa shape index (κ3) is 2.19. The monoisotopic (exact) mass is 283 g/mol. The van der Waals surface area contributed by atoms with Crippen molar-refractivity contribution in [2.24, 2.45) is 5.73 Å². The van der Waals surface area contributed by atoms with E-state index in [-0.39, 0.29) is 5.54 Å². The molecule has 0 amide bonds. The summed E-state index contributed by atoms with van der Waals surface area (Å²) in [4.78, 5) is 0. The van der Waals surface area contributed by atoms with Gasteiger partial charge in [0.15, 0.2) is 0 Å². The number of nitrogens with two attached hydrogens (primary N) is 1. The SMILES string of the molecule is COc1c(C)c(C2(N)CCCC2)c(OC)c(C)c1Cl. The maximum absolute atomic E-state index is 6.62. The molecule has 1 aliphatic carbocycles. The molecule has 1 aromatic rings. The zero-order chi connectivity index (χ0) is 14.2. The van der Waals surface area contributed by atoms with Gasteiger partial charge in [-0.05, 0) is 26.7 Å². The molecule has 0 aliphatic heterocycles.